The number of carbonyl (C=O) groups is 2. The van der Waals surface area contributed by atoms with Gasteiger partial charge in [-0.1, -0.05) is 12.1 Å². The van der Waals surface area contributed by atoms with E-state index in [1.54, 1.807) is 6.07 Å². The van der Waals surface area contributed by atoms with Crippen LogP contribution in [0.1, 0.15) is 27.9 Å². The van der Waals surface area contributed by atoms with Gasteiger partial charge in [-0.3, -0.25) is 9.59 Å². The molecule has 0 saturated carbocycles. The summed E-state index contributed by atoms with van der Waals surface area (Å²) in [5, 5.41) is 0. The Hall–Kier alpha value is -1.48. The molecule has 0 atom stereocenters. The standard InChI is InChI=1S/C11H10O2.H2O/c12-7-11(13)10-5-4-8-2-1-3-9(8)6-10;/h4-7H,1-3H2;1H2. The van der Waals surface area contributed by atoms with E-state index >= 15 is 0 Å². The average molecular weight is 192 g/mol. The van der Waals surface area contributed by atoms with Gasteiger partial charge in [0, 0.05) is 5.56 Å². The van der Waals surface area contributed by atoms with Crippen molar-refractivity contribution in [1.82, 2.24) is 0 Å². The van der Waals surface area contributed by atoms with Crippen LogP contribution >= 0.6 is 0 Å². The summed E-state index contributed by atoms with van der Waals surface area (Å²) in [6, 6.07) is 5.54. The van der Waals surface area contributed by atoms with Gasteiger partial charge in [-0.05, 0) is 36.5 Å². The topological polar surface area (TPSA) is 65.6 Å². The van der Waals surface area contributed by atoms with Gasteiger partial charge in [-0.25, -0.2) is 0 Å². The lowest BCUT2D eigenvalue weighted by Gasteiger charge is -1.99. The summed E-state index contributed by atoms with van der Waals surface area (Å²) in [5.74, 6) is -0.422. The van der Waals surface area contributed by atoms with Gasteiger partial charge in [0.1, 0.15) is 0 Å². The van der Waals surface area contributed by atoms with E-state index in [4.69, 9.17) is 0 Å². The van der Waals surface area contributed by atoms with Crippen molar-refractivity contribution in [3.8, 4) is 0 Å². The molecule has 0 aliphatic heterocycles. The fourth-order valence-corrected chi connectivity index (χ4v) is 1.79. The minimum absolute atomic E-state index is 0. The zero-order valence-corrected chi connectivity index (χ0v) is 7.75. The Bertz CT molecular complexity index is 369. The summed E-state index contributed by atoms with van der Waals surface area (Å²) in [5.41, 5.74) is 3.07. The zero-order valence-electron chi connectivity index (χ0n) is 7.75. The molecule has 0 amide bonds. The molecular formula is C11H12O3. The smallest absolute Gasteiger partial charge is 0.225 e. The van der Waals surface area contributed by atoms with Gasteiger partial charge in [0.05, 0.1) is 0 Å². The van der Waals surface area contributed by atoms with Gasteiger partial charge in [0.25, 0.3) is 0 Å². The molecule has 1 aromatic carbocycles. The Labute approximate surface area is 82.1 Å². The highest BCUT2D eigenvalue weighted by atomic mass is 16.2. The Morgan fingerprint density at radius 1 is 1.21 bits per heavy atom. The SMILES string of the molecule is O.O=CC(=O)c1ccc2c(c1)CCC2. The summed E-state index contributed by atoms with van der Waals surface area (Å²) in [6.45, 7) is 0. The molecule has 3 heteroatoms. The highest BCUT2D eigenvalue weighted by molar-refractivity contribution is 6.33. The number of carbonyl (C=O) groups excluding carboxylic acids is 2. The monoisotopic (exact) mass is 192 g/mol. The molecule has 0 aromatic heterocycles. The van der Waals surface area contributed by atoms with Crippen molar-refractivity contribution in [1.29, 1.82) is 0 Å². The maximum atomic E-state index is 11.0. The molecule has 3 nitrogen and oxygen atoms in total. The molecule has 0 heterocycles. The Balaban J connectivity index is 0.000000980. The second kappa shape index (κ2) is 4.15. The second-order valence-electron chi connectivity index (χ2n) is 3.32. The van der Waals surface area contributed by atoms with Gasteiger partial charge in [-0.15, -0.1) is 0 Å². The molecule has 14 heavy (non-hydrogen) atoms. The van der Waals surface area contributed by atoms with E-state index in [2.05, 4.69) is 0 Å². The van der Waals surface area contributed by atoms with Crippen LogP contribution in [-0.4, -0.2) is 17.5 Å². The maximum absolute atomic E-state index is 11.0. The summed E-state index contributed by atoms with van der Waals surface area (Å²) >= 11 is 0. The largest absolute Gasteiger partial charge is 0.412 e. The molecule has 0 spiro atoms. The number of hydrogen-bond donors (Lipinski definition) is 0. The normalized spacial score (nSPS) is 12.9. The van der Waals surface area contributed by atoms with Gasteiger partial charge in [0.2, 0.25) is 5.78 Å². The van der Waals surface area contributed by atoms with Crippen LogP contribution in [0.4, 0.5) is 0 Å². The van der Waals surface area contributed by atoms with Crippen molar-refractivity contribution < 1.29 is 15.1 Å². The van der Waals surface area contributed by atoms with E-state index < -0.39 is 5.78 Å². The molecular weight excluding hydrogens is 180 g/mol. The lowest BCUT2D eigenvalue weighted by atomic mass is 10.0. The molecule has 1 aliphatic rings. The van der Waals surface area contributed by atoms with Crippen LogP contribution in [0.3, 0.4) is 0 Å². The number of rotatable bonds is 2. The van der Waals surface area contributed by atoms with E-state index in [0.29, 0.717) is 11.8 Å². The lowest BCUT2D eigenvalue weighted by molar-refractivity contribution is -0.104. The van der Waals surface area contributed by atoms with Crippen LogP contribution in [0.25, 0.3) is 0 Å². The Morgan fingerprint density at radius 2 is 1.93 bits per heavy atom. The molecule has 2 rings (SSSR count). The predicted octanol–water partition coefficient (Wildman–Crippen LogP) is 0.732. The van der Waals surface area contributed by atoms with Crippen LogP contribution in [0.5, 0.6) is 0 Å². The number of Topliss-reactive ketones (excluding diaryl/α,β-unsaturated/α-hetero) is 1. The second-order valence-corrected chi connectivity index (χ2v) is 3.32. The van der Waals surface area contributed by atoms with Gasteiger partial charge in [0.15, 0.2) is 6.29 Å². The van der Waals surface area contributed by atoms with Crippen molar-refractivity contribution in [3.05, 3.63) is 34.9 Å². The van der Waals surface area contributed by atoms with Crippen molar-refractivity contribution in [2.45, 2.75) is 19.3 Å². The van der Waals surface area contributed by atoms with Gasteiger partial charge >= 0.3 is 0 Å². The minimum atomic E-state index is -0.422. The van der Waals surface area contributed by atoms with E-state index in [1.165, 1.54) is 11.1 Å². The molecule has 0 unspecified atom stereocenters. The van der Waals surface area contributed by atoms with Crippen molar-refractivity contribution in [2.75, 3.05) is 0 Å². The van der Waals surface area contributed by atoms with Crippen LogP contribution in [-0.2, 0) is 17.6 Å². The van der Waals surface area contributed by atoms with E-state index in [-0.39, 0.29) is 5.48 Å². The van der Waals surface area contributed by atoms with Crippen LogP contribution in [0, 0.1) is 0 Å². The van der Waals surface area contributed by atoms with E-state index in [0.717, 1.165) is 19.3 Å². The average Bonchev–Trinajstić information content (AvgIpc) is 2.63. The van der Waals surface area contributed by atoms with Crippen LogP contribution < -0.4 is 0 Å². The number of hydrogen-bond acceptors (Lipinski definition) is 2. The minimum Gasteiger partial charge on any atom is -0.412 e. The van der Waals surface area contributed by atoms with Crippen LogP contribution in [0.15, 0.2) is 18.2 Å². The Morgan fingerprint density at radius 3 is 2.64 bits per heavy atom. The van der Waals surface area contributed by atoms with E-state index in [9.17, 15) is 9.59 Å². The highest BCUT2D eigenvalue weighted by Crippen LogP contribution is 2.22. The number of benzene rings is 1. The molecule has 74 valence electrons. The highest BCUT2D eigenvalue weighted by Gasteiger charge is 2.12. The molecule has 1 aliphatic carbocycles. The quantitative estimate of drug-likeness (QED) is 0.394. The summed E-state index contributed by atoms with van der Waals surface area (Å²) in [6.07, 6.45) is 3.67. The summed E-state index contributed by atoms with van der Waals surface area (Å²) in [4.78, 5) is 21.3. The molecule has 0 radical (unpaired) electrons. The Kier molecular flexibility index (Phi) is 3.14. The number of ketones is 1. The summed E-state index contributed by atoms with van der Waals surface area (Å²) in [7, 11) is 0. The lowest BCUT2D eigenvalue weighted by Crippen LogP contribution is -2.00. The first kappa shape index (κ1) is 10.6. The fourth-order valence-electron chi connectivity index (χ4n) is 1.79. The molecule has 2 N–H and O–H groups in total. The van der Waals surface area contributed by atoms with Crippen molar-refractivity contribution >= 4 is 12.1 Å². The first-order valence-electron chi connectivity index (χ1n) is 4.42. The first-order chi connectivity index (χ1) is 6.31. The molecule has 1 aromatic rings. The third kappa shape index (κ3) is 1.72. The van der Waals surface area contributed by atoms with Crippen molar-refractivity contribution in [2.24, 2.45) is 0 Å². The van der Waals surface area contributed by atoms with E-state index in [1.807, 2.05) is 12.1 Å². The summed E-state index contributed by atoms with van der Waals surface area (Å²) < 4.78 is 0. The molecule has 0 bridgehead atoms. The first-order valence-corrected chi connectivity index (χ1v) is 4.42. The van der Waals surface area contributed by atoms with Crippen molar-refractivity contribution in [3.63, 3.8) is 0 Å². The van der Waals surface area contributed by atoms with Gasteiger partial charge < -0.3 is 5.48 Å². The third-order valence-electron chi connectivity index (χ3n) is 2.49. The third-order valence-corrected chi connectivity index (χ3v) is 2.49. The number of aldehydes is 1. The van der Waals surface area contributed by atoms with Crippen LogP contribution in [0.2, 0.25) is 0 Å². The van der Waals surface area contributed by atoms with Gasteiger partial charge in [-0.2, -0.15) is 0 Å². The molecule has 0 saturated heterocycles. The zero-order chi connectivity index (χ0) is 9.26. The number of fused-ring (bicyclic) bond motifs is 1. The molecule has 0 fully saturated rings. The predicted molar refractivity (Wildman–Crippen MR) is 52.5 cm³/mol. The maximum Gasteiger partial charge on any atom is 0.225 e. The number of aryl methyl sites for hydroxylation is 2. The fraction of sp³-hybridized carbons (Fsp3) is 0.273.